The highest BCUT2D eigenvalue weighted by Crippen LogP contribution is 2.31. The first-order chi connectivity index (χ1) is 5.54. The molecule has 1 aliphatic rings. The fraction of sp³-hybridized carbons (Fsp3) is 1.00. The smallest absolute Gasteiger partial charge is 0.0745 e. The number of hydrogen-bond donors (Lipinski definition) is 1. The van der Waals surface area contributed by atoms with Gasteiger partial charge >= 0.3 is 0 Å². The van der Waals surface area contributed by atoms with Gasteiger partial charge in [-0.1, -0.05) is 20.8 Å². The Morgan fingerprint density at radius 3 is 2.33 bits per heavy atom. The molecule has 1 atom stereocenters. The van der Waals surface area contributed by atoms with Crippen LogP contribution in [0.3, 0.4) is 0 Å². The minimum atomic E-state index is 0.184. The van der Waals surface area contributed by atoms with Crippen LogP contribution in [-0.2, 0) is 4.74 Å². The normalized spacial score (nSPS) is 21.0. The molecule has 0 radical (unpaired) electrons. The van der Waals surface area contributed by atoms with E-state index in [4.69, 9.17) is 10.5 Å². The van der Waals surface area contributed by atoms with Crippen molar-refractivity contribution in [3.8, 4) is 0 Å². The maximum atomic E-state index is 5.75. The van der Waals surface area contributed by atoms with Crippen LogP contribution in [0.2, 0.25) is 0 Å². The second-order valence-electron chi connectivity index (χ2n) is 4.87. The molecule has 1 rings (SSSR count). The molecule has 0 aromatic carbocycles. The second-order valence-corrected chi connectivity index (χ2v) is 4.87. The molecular weight excluding hydrogens is 150 g/mol. The average Bonchev–Trinajstić information content (AvgIpc) is 2.69. The quantitative estimate of drug-likeness (QED) is 0.700. The average molecular weight is 171 g/mol. The minimum Gasteiger partial charge on any atom is -0.376 e. The SMILES string of the molecule is CC(C)(C)C(CN)OCC1CC1. The lowest BCUT2D eigenvalue weighted by molar-refractivity contribution is -0.0162. The monoisotopic (exact) mass is 171 g/mol. The molecule has 0 heterocycles. The number of rotatable bonds is 4. The maximum Gasteiger partial charge on any atom is 0.0745 e. The Labute approximate surface area is 75.5 Å². The summed E-state index contributed by atoms with van der Waals surface area (Å²) in [6, 6.07) is 0. The first-order valence-corrected chi connectivity index (χ1v) is 4.85. The van der Waals surface area contributed by atoms with E-state index in [0.29, 0.717) is 6.54 Å². The van der Waals surface area contributed by atoms with E-state index in [2.05, 4.69) is 20.8 Å². The standard InChI is InChI=1S/C10H21NO/c1-10(2,3)9(6-11)12-7-8-4-5-8/h8-9H,4-7,11H2,1-3H3. The van der Waals surface area contributed by atoms with Crippen molar-refractivity contribution in [2.75, 3.05) is 13.2 Å². The predicted molar refractivity (Wildman–Crippen MR) is 51.0 cm³/mol. The van der Waals surface area contributed by atoms with Crippen molar-refractivity contribution in [1.29, 1.82) is 0 Å². The third-order valence-electron chi connectivity index (χ3n) is 2.41. The van der Waals surface area contributed by atoms with Gasteiger partial charge in [0, 0.05) is 13.2 Å². The van der Waals surface area contributed by atoms with Gasteiger partial charge in [0.25, 0.3) is 0 Å². The summed E-state index contributed by atoms with van der Waals surface area (Å²) >= 11 is 0. The molecule has 0 spiro atoms. The lowest BCUT2D eigenvalue weighted by Gasteiger charge is -2.29. The predicted octanol–water partition coefficient (Wildman–Crippen LogP) is 1.79. The number of hydrogen-bond acceptors (Lipinski definition) is 2. The zero-order valence-corrected chi connectivity index (χ0v) is 8.47. The van der Waals surface area contributed by atoms with E-state index in [-0.39, 0.29) is 11.5 Å². The summed E-state index contributed by atoms with van der Waals surface area (Å²) in [6.45, 7) is 8.08. The third kappa shape index (κ3) is 3.11. The molecule has 72 valence electrons. The Morgan fingerprint density at radius 1 is 1.42 bits per heavy atom. The van der Waals surface area contributed by atoms with Crippen LogP contribution < -0.4 is 5.73 Å². The molecule has 0 saturated heterocycles. The lowest BCUT2D eigenvalue weighted by Crippen LogP contribution is -2.36. The van der Waals surface area contributed by atoms with E-state index in [0.717, 1.165) is 12.5 Å². The molecule has 1 aliphatic carbocycles. The molecule has 2 N–H and O–H groups in total. The van der Waals surface area contributed by atoms with E-state index < -0.39 is 0 Å². The maximum absolute atomic E-state index is 5.75. The first-order valence-electron chi connectivity index (χ1n) is 4.85. The van der Waals surface area contributed by atoms with Gasteiger partial charge in [-0.2, -0.15) is 0 Å². The van der Waals surface area contributed by atoms with Crippen LogP contribution in [0.25, 0.3) is 0 Å². The van der Waals surface area contributed by atoms with Gasteiger partial charge in [0.15, 0.2) is 0 Å². The molecule has 0 aliphatic heterocycles. The Hall–Kier alpha value is -0.0800. The molecule has 1 saturated carbocycles. The van der Waals surface area contributed by atoms with Gasteiger partial charge in [-0.25, -0.2) is 0 Å². The van der Waals surface area contributed by atoms with Gasteiger partial charge in [-0.3, -0.25) is 0 Å². The summed E-state index contributed by atoms with van der Waals surface area (Å²) < 4.78 is 5.75. The molecule has 0 bridgehead atoms. The summed E-state index contributed by atoms with van der Waals surface area (Å²) in [5.41, 5.74) is 5.82. The summed E-state index contributed by atoms with van der Waals surface area (Å²) in [5.74, 6) is 0.835. The van der Waals surface area contributed by atoms with Crippen molar-refractivity contribution in [3.05, 3.63) is 0 Å². The molecule has 2 heteroatoms. The van der Waals surface area contributed by atoms with Gasteiger partial charge in [0.1, 0.15) is 0 Å². The molecule has 1 unspecified atom stereocenters. The van der Waals surface area contributed by atoms with E-state index in [1.54, 1.807) is 0 Å². The van der Waals surface area contributed by atoms with Crippen molar-refractivity contribution < 1.29 is 4.74 Å². The third-order valence-corrected chi connectivity index (χ3v) is 2.41. The topological polar surface area (TPSA) is 35.2 Å². The number of ether oxygens (including phenoxy) is 1. The van der Waals surface area contributed by atoms with Crippen LogP contribution >= 0.6 is 0 Å². The van der Waals surface area contributed by atoms with Crippen molar-refractivity contribution in [2.24, 2.45) is 17.1 Å². The van der Waals surface area contributed by atoms with Crippen molar-refractivity contribution in [3.63, 3.8) is 0 Å². The largest absolute Gasteiger partial charge is 0.376 e. The summed E-state index contributed by atoms with van der Waals surface area (Å²) in [7, 11) is 0. The van der Waals surface area contributed by atoms with E-state index >= 15 is 0 Å². The summed E-state index contributed by atoms with van der Waals surface area (Å²) in [4.78, 5) is 0. The van der Waals surface area contributed by atoms with Gasteiger partial charge < -0.3 is 10.5 Å². The zero-order chi connectivity index (χ0) is 9.19. The van der Waals surface area contributed by atoms with E-state index in [1.807, 2.05) is 0 Å². The van der Waals surface area contributed by atoms with Gasteiger partial charge in [0.05, 0.1) is 6.10 Å². The Kier molecular flexibility index (Phi) is 3.13. The highest BCUT2D eigenvalue weighted by Gasteiger charge is 2.28. The van der Waals surface area contributed by atoms with E-state index in [9.17, 15) is 0 Å². The van der Waals surface area contributed by atoms with Crippen LogP contribution in [0.4, 0.5) is 0 Å². The minimum absolute atomic E-state index is 0.184. The molecule has 12 heavy (non-hydrogen) atoms. The fourth-order valence-electron chi connectivity index (χ4n) is 1.21. The van der Waals surface area contributed by atoms with Crippen LogP contribution in [0.15, 0.2) is 0 Å². The van der Waals surface area contributed by atoms with Crippen molar-refractivity contribution >= 4 is 0 Å². The Morgan fingerprint density at radius 2 is 2.00 bits per heavy atom. The van der Waals surface area contributed by atoms with Crippen molar-refractivity contribution in [1.82, 2.24) is 0 Å². The number of nitrogens with two attached hydrogens (primary N) is 1. The Balaban J connectivity index is 2.23. The van der Waals surface area contributed by atoms with Gasteiger partial charge in [-0.05, 0) is 24.2 Å². The molecule has 0 aromatic heterocycles. The van der Waals surface area contributed by atoms with Gasteiger partial charge in [0.2, 0.25) is 0 Å². The van der Waals surface area contributed by atoms with Crippen LogP contribution in [0.5, 0.6) is 0 Å². The molecule has 0 aromatic rings. The molecule has 1 fully saturated rings. The highest BCUT2D eigenvalue weighted by atomic mass is 16.5. The Bertz CT molecular complexity index is 135. The lowest BCUT2D eigenvalue weighted by atomic mass is 9.89. The van der Waals surface area contributed by atoms with E-state index in [1.165, 1.54) is 12.8 Å². The fourth-order valence-corrected chi connectivity index (χ4v) is 1.21. The highest BCUT2D eigenvalue weighted by molar-refractivity contribution is 4.78. The molecule has 2 nitrogen and oxygen atoms in total. The first kappa shape index (κ1) is 10.0. The van der Waals surface area contributed by atoms with Gasteiger partial charge in [-0.15, -0.1) is 0 Å². The van der Waals surface area contributed by atoms with Crippen LogP contribution in [0, 0.1) is 11.3 Å². The summed E-state index contributed by atoms with van der Waals surface area (Å²) in [5, 5.41) is 0. The zero-order valence-electron chi connectivity index (χ0n) is 8.47. The van der Waals surface area contributed by atoms with Crippen molar-refractivity contribution in [2.45, 2.75) is 39.7 Å². The van der Waals surface area contributed by atoms with Crippen LogP contribution in [0.1, 0.15) is 33.6 Å². The van der Waals surface area contributed by atoms with Crippen LogP contribution in [-0.4, -0.2) is 19.3 Å². The molecular formula is C10H21NO. The summed E-state index contributed by atoms with van der Waals surface area (Å²) in [6.07, 6.45) is 2.92. The second kappa shape index (κ2) is 3.75. The molecule has 0 amide bonds.